The second kappa shape index (κ2) is 9.54. The lowest BCUT2D eigenvalue weighted by molar-refractivity contribution is 0.0342. The van der Waals surface area contributed by atoms with Crippen molar-refractivity contribution < 1.29 is 9.53 Å². The van der Waals surface area contributed by atoms with Crippen LogP contribution in [0.15, 0.2) is 36.5 Å². The van der Waals surface area contributed by atoms with Gasteiger partial charge in [0.05, 0.1) is 23.5 Å². The average molecular weight is 452 g/mol. The number of pyridine rings is 1. The number of carbonyl (C=O) groups is 1. The zero-order valence-electron chi connectivity index (χ0n) is 18.1. The van der Waals surface area contributed by atoms with Crippen molar-refractivity contribution in [1.82, 2.24) is 15.2 Å². The van der Waals surface area contributed by atoms with E-state index in [9.17, 15) is 4.79 Å². The molecule has 2 aliphatic rings. The molecule has 2 saturated heterocycles. The van der Waals surface area contributed by atoms with Crippen molar-refractivity contribution in [3.63, 3.8) is 0 Å². The molecule has 0 bridgehead atoms. The van der Waals surface area contributed by atoms with E-state index < -0.39 is 5.91 Å². The van der Waals surface area contributed by atoms with Gasteiger partial charge >= 0.3 is 0 Å². The molecule has 0 aliphatic carbocycles. The van der Waals surface area contributed by atoms with Gasteiger partial charge in [-0.3, -0.25) is 9.69 Å². The second-order valence-corrected chi connectivity index (χ2v) is 9.56. The Balaban J connectivity index is 1.42. The lowest BCUT2D eigenvalue weighted by Gasteiger charge is -2.26. The lowest BCUT2D eigenvalue weighted by atomic mass is 10.1. The van der Waals surface area contributed by atoms with Gasteiger partial charge in [0.25, 0.3) is 5.91 Å². The van der Waals surface area contributed by atoms with Crippen LogP contribution in [0.25, 0.3) is 20.5 Å². The molecule has 4 heterocycles. The van der Waals surface area contributed by atoms with Crippen molar-refractivity contribution in [3.05, 3.63) is 47.7 Å². The van der Waals surface area contributed by atoms with E-state index in [-0.39, 0.29) is 0 Å². The fourth-order valence-electron chi connectivity index (χ4n) is 4.42. The number of fused-ring (bicyclic) bond motifs is 1. The molecule has 0 spiro atoms. The van der Waals surface area contributed by atoms with Gasteiger partial charge in [0.2, 0.25) is 0 Å². The number of aromatic nitrogens is 1. The summed E-state index contributed by atoms with van der Waals surface area (Å²) in [6.45, 7) is 6.50. The first-order valence-electron chi connectivity index (χ1n) is 11.3. The molecule has 2 aliphatic heterocycles. The van der Waals surface area contributed by atoms with E-state index in [1.54, 1.807) is 17.5 Å². The van der Waals surface area contributed by atoms with E-state index in [4.69, 9.17) is 10.5 Å². The van der Waals surface area contributed by atoms with Gasteiger partial charge in [0.1, 0.15) is 5.82 Å². The first-order valence-corrected chi connectivity index (χ1v) is 12.1. The van der Waals surface area contributed by atoms with E-state index in [1.165, 1.54) is 5.56 Å². The van der Waals surface area contributed by atoms with E-state index in [2.05, 4.69) is 50.8 Å². The van der Waals surface area contributed by atoms with Crippen LogP contribution in [0.4, 0.5) is 5.82 Å². The number of amides is 1. The van der Waals surface area contributed by atoms with Gasteiger partial charge in [-0.15, -0.1) is 11.3 Å². The number of ether oxygens (including phenoxy) is 1. The molecule has 32 heavy (non-hydrogen) atoms. The molecule has 1 atom stereocenters. The molecule has 1 amide bonds. The van der Waals surface area contributed by atoms with Crippen molar-refractivity contribution in [2.75, 3.05) is 44.7 Å². The number of benzene rings is 1. The normalized spacial score (nSPS) is 19.8. The summed E-state index contributed by atoms with van der Waals surface area (Å²) in [5, 5.41) is 7.96. The van der Waals surface area contributed by atoms with E-state index >= 15 is 0 Å². The third-order valence-corrected chi connectivity index (χ3v) is 7.42. The Labute approximate surface area is 192 Å². The topological polar surface area (TPSA) is 92.5 Å². The monoisotopic (exact) mass is 451 g/mol. The minimum absolute atomic E-state index is 0.335. The van der Waals surface area contributed by atoms with Crippen molar-refractivity contribution in [1.29, 1.82) is 0 Å². The van der Waals surface area contributed by atoms with Gasteiger partial charge in [-0.2, -0.15) is 0 Å². The highest BCUT2D eigenvalue weighted by Crippen LogP contribution is 2.38. The Bertz CT molecular complexity index is 1090. The van der Waals surface area contributed by atoms with Crippen LogP contribution in [0.1, 0.15) is 28.8 Å². The fraction of sp³-hybridized carbons (Fsp3) is 0.417. The zero-order chi connectivity index (χ0) is 21.9. The molecule has 8 heteroatoms. The third kappa shape index (κ3) is 4.63. The SMILES string of the molecule is NC(=O)c1cnc(N[C@H]2CCCNC2)c2cc(-c3ccc(CN4CCOCC4)cc3)sc12. The Morgan fingerprint density at radius 1 is 1.28 bits per heavy atom. The van der Waals surface area contributed by atoms with E-state index in [1.807, 2.05) is 0 Å². The number of anilines is 1. The maximum atomic E-state index is 12.0. The molecule has 0 unspecified atom stereocenters. The number of carbonyl (C=O) groups excluding carboxylic acids is 1. The highest BCUT2D eigenvalue weighted by Gasteiger charge is 2.19. The zero-order valence-corrected chi connectivity index (χ0v) is 18.9. The minimum Gasteiger partial charge on any atom is -0.379 e. The molecular weight excluding hydrogens is 422 g/mol. The molecule has 0 radical (unpaired) electrons. The van der Waals surface area contributed by atoms with Crippen LogP contribution in [0.2, 0.25) is 0 Å². The Hall–Kier alpha value is -2.52. The lowest BCUT2D eigenvalue weighted by Crippen LogP contribution is -2.38. The van der Waals surface area contributed by atoms with Crippen molar-refractivity contribution in [2.45, 2.75) is 25.4 Å². The first kappa shape index (κ1) is 21.3. The summed E-state index contributed by atoms with van der Waals surface area (Å²) in [4.78, 5) is 20.1. The number of piperidine rings is 1. The molecule has 1 aromatic carbocycles. The molecule has 5 rings (SSSR count). The number of rotatable bonds is 6. The summed E-state index contributed by atoms with van der Waals surface area (Å²) in [5.74, 6) is 0.382. The summed E-state index contributed by atoms with van der Waals surface area (Å²) in [7, 11) is 0. The highest BCUT2D eigenvalue weighted by atomic mass is 32.1. The fourth-order valence-corrected chi connectivity index (χ4v) is 5.60. The van der Waals surface area contributed by atoms with Gasteiger partial charge in [0, 0.05) is 48.7 Å². The Kier molecular flexibility index (Phi) is 6.36. The van der Waals surface area contributed by atoms with Crippen LogP contribution in [-0.2, 0) is 11.3 Å². The summed E-state index contributed by atoms with van der Waals surface area (Å²) in [5.41, 5.74) is 8.57. The summed E-state index contributed by atoms with van der Waals surface area (Å²) >= 11 is 1.60. The van der Waals surface area contributed by atoms with E-state index in [0.29, 0.717) is 11.6 Å². The van der Waals surface area contributed by atoms with Crippen molar-refractivity contribution in [3.8, 4) is 10.4 Å². The van der Waals surface area contributed by atoms with Crippen LogP contribution in [0.5, 0.6) is 0 Å². The molecule has 0 saturated carbocycles. The molecule has 4 N–H and O–H groups in total. The third-order valence-electron chi connectivity index (χ3n) is 6.21. The number of nitrogens with zero attached hydrogens (tertiary/aromatic N) is 2. The van der Waals surface area contributed by atoms with Gasteiger partial charge < -0.3 is 21.1 Å². The van der Waals surface area contributed by atoms with Crippen LogP contribution in [-0.4, -0.2) is 61.2 Å². The predicted octanol–water partition coefficient (Wildman–Crippen LogP) is 3.06. The van der Waals surface area contributed by atoms with Crippen molar-refractivity contribution >= 4 is 33.1 Å². The molecule has 7 nitrogen and oxygen atoms in total. The van der Waals surface area contributed by atoms with Crippen LogP contribution >= 0.6 is 11.3 Å². The second-order valence-electron chi connectivity index (χ2n) is 8.51. The van der Waals surface area contributed by atoms with Gasteiger partial charge in [-0.25, -0.2) is 4.98 Å². The molecule has 2 fully saturated rings. The number of nitrogens with one attached hydrogen (secondary N) is 2. The van der Waals surface area contributed by atoms with Crippen molar-refractivity contribution in [2.24, 2.45) is 5.73 Å². The van der Waals surface area contributed by atoms with Crippen LogP contribution in [0.3, 0.4) is 0 Å². The Morgan fingerprint density at radius 2 is 2.09 bits per heavy atom. The largest absolute Gasteiger partial charge is 0.379 e. The van der Waals surface area contributed by atoms with Gasteiger partial charge in [0.15, 0.2) is 0 Å². The average Bonchev–Trinajstić information content (AvgIpc) is 3.27. The molecule has 2 aromatic heterocycles. The van der Waals surface area contributed by atoms with E-state index in [0.717, 1.165) is 85.1 Å². The summed E-state index contributed by atoms with van der Waals surface area (Å²) < 4.78 is 6.33. The standard InChI is InChI=1S/C24H29N5O2S/c25-23(30)20-14-27-24(28-18-2-1-7-26-13-18)19-12-21(32-22(19)20)17-5-3-16(4-6-17)15-29-8-10-31-11-9-29/h3-6,12,14,18,26H,1-2,7-11,13,15H2,(H2,25,30)(H,27,28)/t18-/m0/s1. The molecule has 168 valence electrons. The van der Waals surface area contributed by atoms with Crippen LogP contribution < -0.4 is 16.4 Å². The summed E-state index contributed by atoms with van der Waals surface area (Å²) in [6, 6.07) is 11.2. The number of primary amides is 1. The number of morpholine rings is 1. The number of nitrogens with two attached hydrogens (primary N) is 1. The highest BCUT2D eigenvalue weighted by molar-refractivity contribution is 7.22. The number of hydrogen-bond donors (Lipinski definition) is 3. The van der Waals surface area contributed by atoms with Gasteiger partial charge in [-0.1, -0.05) is 24.3 Å². The number of thiophene rings is 1. The first-order chi connectivity index (χ1) is 15.7. The Morgan fingerprint density at radius 3 is 2.81 bits per heavy atom. The quantitative estimate of drug-likeness (QED) is 0.534. The minimum atomic E-state index is -0.442. The number of hydrogen-bond acceptors (Lipinski definition) is 7. The predicted molar refractivity (Wildman–Crippen MR) is 129 cm³/mol. The van der Waals surface area contributed by atoms with Crippen LogP contribution in [0, 0.1) is 0 Å². The smallest absolute Gasteiger partial charge is 0.251 e. The maximum Gasteiger partial charge on any atom is 0.251 e. The maximum absolute atomic E-state index is 12.0. The van der Waals surface area contributed by atoms with Gasteiger partial charge in [-0.05, 0) is 36.6 Å². The summed E-state index contributed by atoms with van der Waals surface area (Å²) in [6.07, 6.45) is 3.86. The molecular formula is C24H29N5O2S. The molecule has 3 aromatic rings.